The highest BCUT2D eigenvalue weighted by Crippen LogP contribution is 2.29. The number of aryl methyl sites for hydroxylation is 1. The number of carbonyl (C=O) groups is 1. The summed E-state index contributed by atoms with van der Waals surface area (Å²) in [6, 6.07) is 14.5. The molecule has 3 rings (SSSR count). The van der Waals surface area contributed by atoms with Crippen molar-refractivity contribution in [3.05, 3.63) is 59.2 Å². The Labute approximate surface area is 162 Å². The third-order valence-corrected chi connectivity index (χ3v) is 5.27. The lowest BCUT2D eigenvalue weighted by Crippen LogP contribution is -2.28. The van der Waals surface area contributed by atoms with Crippen molar-refractivity contribution in [3.63, 3.8) is 0 Å². The van der Waals surface area contributed by atoms with E-state index in [0.717, 1.165) is 37.2 Å². The predicted octanol–water partition coefficient (Wildman–Crippen LogP) is 4.11. The molecule has 1 amide bonds. The lowest BCUT2D eigenvalue weighted by atomic mass is 9.91. The Morgan fingerprint density at radius 2 is 1.78 bits per heavy atom. The number of amides is 1. The summed E-state index contributed by atoms with van der Waals surface area (Å²) in [5, 5.41) is 2.95. The van der Waals surface area contributed by atoms with Crippen molar-refractivity contribution in [3.8, 4) is 5.75 Å². The average Bonchev–Trinajstić information content (AvgIpc) is 2.72. The van der Waals surface area contributed by atoms with E-state index < -0.39 is 0 Å². The summed E-state index contributed by atoms with van der Waals surface area (Å²) in [6.07, 6.45) is 4.60. The van der Waals surface area contributed by atoms with Gasteiger partial charge < -0.3 is 15.0 Å². The van der Waals surface area contributed by atoms with Crippen LogP contribution in [0.2, 0.25) is 0 Å². The first-order valence-electron chi connectivity index (χ1n) is 10.1. The minimum atomic E-state index is -0.0868. The van der Waals surface area contributed by atoms with Gasteiger partial charge in [-0.25, -0.2) is 0 Å². The molecule has 0 radical (unpaired) electrons. The van der Waals surface area contributed by atoms with Crippen LogP contribution in [0.3, 0.4) is 0 Å². The molecule has 0 aliphatic heterocycles. The SMILES string of the molecule is CCN(CC)c1ccc(CNC(=O)COc2cccc3c2CCCC3)cc1. The van der Waals surface area contributed by atoms with E-state index in [1.165, 1.54) is 29.7 Å². The average molecular weight is 367 g/mol. The van der Waals surface area contributed by atoms with Crippen molar-refractivity contribution < 1.29 is 9.53 Å². The number of nitrogens with zero attached hydrogens (tertiary/aromatic N) is 1. The minimum absolute atomic E-state index is 0.0635. The van der Waals surface area contributed by atoms with Gasteiger partial charge in [0.1, 0.15) is 5.75 Å². The van der Waals surface area contributed by atoms with Crippen molar-refractivity contribution in [2.24, 2.45) is 0 Å². The van der Waals surface area contributed by atoms with Crippen LogP contribution in [0.5, 0.6) is 5.75 Å². The second kappa shape index (κ2) is 9.45. The van der Waals surface area contributed by atoms with Crippen molar-refractivity contribution in [1.29, 1.82) is 0 Å². The zero-order valence-corrected chi connectivity index (χ0v) is 16.5. The first-order valence-corrected chi connectivity index (χ1v) is 10.1. The molecule has 1 N–H and O–H groups in total. The summed E-state index contributed by atoms with van der Waals surface area (Å²) in [7, 11) is 0. The van der Waals surface area contributed by atoms with Crippen LogP contribution in [0.1, 0.15) is 43.4 Å². The summed E-state index contributed by atoms with van der Waals surface area (Å²) in [4.78, 5) is 14.5. The van der Waals surface area contributed by atoms with E-state index in [-0.39, 0.29) is 12.5 Å². The monoisotopic (exact) mass is 366 g/mol. The van der Waals surface area contributed by atoms with Gasteiger partial charge in [0.2, 0.25) is 0 Å². The van der Waals surface area contributed by atoms with Gasteiger partial charge in [-0.2, -0.15) is 0 Å². The highest BCUT2D eigenvalue weighted by molar-refractivity contribution is 5.77. The Balaban J connectivity index is 1.49. The van der Waals surface area contributed by atoms with Gasteiger partial charge in [0.15, 0.2) is 6.61 Å². The smallest absolute Gasteiger partial charge is 0.258 e. The van der Waals surface area contributed by atoms with Crippen molar-refractivity contribution >= 4 is 11.6 Å². The Kier molecular flexibility index (Phi) is 6.74. The first-order chi connectivity index (χ1) is 13.2. The Morgan fingerprint density at radius 3 is 2.52 bits per heavy atom. The van der Waals surface area contributed by atoms with Crippen LogP contribution in [0.25, 0.3) is 0 Å². The first kappa shape index (κ1) is 19.3. The molecule has 0 heterocycles. The van der Waals surface area contributed by atoms with Gasteiger partial charge >= 0.3 is 0 Å². The van der Waals surface area contributed by atoms with Crippen LogP contribution in [0.15, 0.2) is 42.5 Å². The topological polar surface area (TPSA) is 41.6 Å². The number of benzene rings is 2. The molecule has 27 heavy (non-hydrogen) atoms. The third-order valence-electron chi connectivity index (χ3n) is 5.27. The second-order valence-corrected chi connectivity index (χ2v) is 7.01. The minimum Gasteiger partial charge on any atom is -0.483 e. The van der Waals surface area contributed by atoms with Crippen LogP contribution in [0, 0.1) is 0 Å². The number of hydrogen-bond acceptors (Lipinski definition) is 3. The molecular weight excluding hydrogens is 336 g/mol. The highest BCUT2D eigenvalue weighted by atomic mass is 16.5. The zero-order valence-electron chi connectivity index (χ0n) is 16.5. The van der Waals surface area contributed by atoms with Crippen molar-refractivity contribution in [1.82, 2.24) is 5.32 Å². The van der Waals surface area contributed by atoms with E-state index in [1.807, 2.05) is 12.1 Å². The molecule has 2 aromatic carbocycles. The molecule has 4 nitrogen and oxygen atoms in total. The second-order valence-electron chi connectivity index (χ2n) is 7.01. The van der Waals surface area contributed by atoms with Crippen molar-refractivity contribution in [2.45, 2.75) is 46.1 Å². The maximum absolute atomic E-state index is 12.2. The molecule has 144 valence electrons. The maximum atomic E-state index is 12.2. The number of hydrogen-bond donors (Lipinski definition) is 1. The van der Waals surface area contributed by atoms with Crippen LogP contribution >= 0.6 is 0 Å². The Hall–Kier alpha value is -2.49. The predicted molar refractivity (Wildman–Crippen MR) is 110 cm³/mol. The number of carbonyl (C=O) groups excluding carboxylic acids is 1. The van der Waals surface area contributed by atoms with E-state index in [1.54, 1.807) is 0 Å². The Morgan fingerprint density at radius 1 is 1.04 bits per heavy atom. The molecule has 1 aliphatic rings. The molecule has 0 spiro atoms. The lowest BCUT2D eigenvalue weighted by Gasteiger charge is -2.21. The zero-order chi connectivity index (χ0) is 19.1. The van der Waals surface area contributed by atoms with E-state index in [4.69, 9.17) is 4.74 Å². The molecule has 0 atom stereocenters. The summed E-state index contributed by atoms with van der Waals surface area (Å²) in [5.41, 5.74) is 4.96. The summed E-state index contributed by atoms with van der Waals surface area (Å²) in [5.74, 6) is 0.780. The lowest BCUT2D eigenvalue weighted by molar-refractivity contribution is -0.123. The molecule has 1 aliphatic carbocycles. The Bertz CT molecular complexity index is 751. The summed E-state index contributed by atoms with van der Waals surface area (Å²) in [6.45, 7) is 6.88. The number of nitrogens with one attached hydrogen (secondary N) is 1. The van der Waals surface area contributed by atoms with Gasteiger partial charge in [0.05, 0.1) is 0 Å². The molecule has 0 fully saturated rings. The molecule has 0 aromatic heterocycles. The standard InChI is InChI=1S/C23H30N2O2/c1-3-25(4-2)20-14-12-18(13-15-20)16-24-23(26)17-27-22-11-7-9-19-8-5-6-10-21(19)22/h7,9,11-15H,3-6,8,10,16-17H2,1-2H3,(H,24,26). The van der Waals surface area contributed by atoms with Gasteiger partial charge in [-0.1, -0.05) is 24.3 Å². The van der Waals surface area contributed by atoms with Gasteiger partial charge in [-0.15, -0.1) is 0 Å². The van der Waals surface area contributed by atoms with E-state index >= 15 is 0 Å². The molecular formula is C23H30N2O2. The number of fused-ring (bicyclic) bond motifs is 1. The fraction of sp³-hybridized carbons (Fsp3) is 0.435. The quantitative estimate of drug-likeness (QED) is 0.764. The summed E-state index contributed by atoms with van der Waals surface area (Å²) >= 11 is 0. The van der Waals surface area contributed by atoms with Crippen molar-refractivity contribution in [2.75, 3.05) is 24.6 Å². The van der Waals surface area contributed by atoms with Gasteiger partial charge in [-0.05, 0) is 74.4 Å². The highest BCUT2D eigenvalue weighted by Gasteiger charge is 2.14. The fourth-order valence-electron chi connectivity index (χ4n) is 3.69. The van der Waals surface area contributed by atoms with E-state index in [9.17, 15) is 4.79 Å². The molecule has 0 saturated carbocycles. The molecule has 0 bridgehead atoms. The molecule has 4 heteroatoms. The largest absolute Gasteiger partial charge is 0.483 e. The van der Waals surface area contributed by atoms with Gasteiger partial charge in [-0.3, -0.25) is 4.79 Å². The maximum Gasteiger partial charge on any atom is 0.258 e. The van der Waals surface area contributed by atoms with Crippen LogP contribution < -0.4 is 15.0 Å². The fourth-order valence-corrected chi connectivity index (χ4v) is 3.69. The molecule has 0 unspecified atom stereocenters. The van der Waals surface area contributed by atoms with E-state index in [2.05, 4.69) is 54.4 Å². The van der Waals surface area contributed by atoms with Gasteiger partial charge in [0.25, 0.3) is 5.91 Å². The molecule has 0 saturated heterocycles. The number of rotatable bonds is 8. The van der Waals surface area contributed by atoms with Gasteiger partial charge in [0, 0.05) is 25.3 Å². The summed E-state index contributed by atoms with van der Waals surface area (Å²) < 4.78 is 5.82. The van der Waals surface area contributed by atoms with Crippen LogP contribution in [0.4, 0.5) is 5.69 Å². The normalized spacial score (nSPS) is 13.0. The molecule has 2 aromatic rings. The number of ether oxygens (including phenoxy) is 1. The van der Waals surface area contributed by atoms with Crippen LogP contribution in [-0.2, 0) is 24.2 Å². The number of anilines is 1. The third kappa shape index (κ3) is 5.03. The van der Waals surface area contributed by atoms with E-state index in [0.29, 0.717) is 6.54 Å². The van der Waals surface area contributed by atoms with Crippen LogP contribution in [-0.4, -0.2) is 25.6 Å².